The Morgan fingerprint density at radius 3 is 2.20 bits per heavy atom. The molecule has 0 saturated heterocycles. The molecule has 1 aliphatic heterocycles. The van der Waals surface area contributed by atoms with Crippen molar-refractivity contribution in [1.29, 1.82) is 0 Å². The van der Waals surface area contributed by atoms with E-state index in [0.29, 0.717) is 11.3 Å². The number of rotatable bonds is 7. The van der Waals surface area contributed by atoms with Gasteiger partial charge >= 0.3 is 0 Å². The lowest BCUT2D eigenvalue weighted by Crippen LogP contribution is -2.34. The van der Waals surface area contributed by atoms with Gasteiger partial charge in [0.05, 0.1) is 0 Å². The molecule has 1 nitrogen and oxygen atoms in total. The van der Waals surface area contributed by atoms with Crippen LogP contribution in [0.1, 0.15) is 61.0 Å². The molecule has 3 heteroatoms. The molecule has 162 valence electrons. The molecule has 2 aliphatic rings. The van der Waals surface area contributed by atoms with Gasteiger partial charge in [-0.1, -0.05) is 97.9 Å². The maximum Gasteiger partial charge on any atom is 0.0186 e. The summed E-state index contributed by atoms with van der Waals surface area (Å²) in [5, 5.41) is 2.48. The van der Waals surface area contributed by atoms with E-state index in [4.69, 9.17) is 4.99 Å². The van der Waals surface area contributed by atoms with Crippen LogP contribution in [0.4, 0.5) is 0 Å². The lowest BCUT2D eigenvalue weighted by molar-refractivity contribution is 0.983. The first-order valence-electron chi connectivity index (χ1n) is 11.4. The molecule has 3 rings (SSSR count). The molecule has 0 radical (unpaired) electrons. The molecule has 0 amide bonds. The summed E-state index contributed by atoms with van der Waals surface area (Å²) in [6.45, 7) is 18.9. The average molecular weight is 439 g/mol. The fraction of sp³-hybridized carbons (Fsp3) is 0.481. The maximum absolute atomic E-state index is 5.31. The molecule has 0 aromatic heterocycles. The summed E-state index contributed by atoms with van der Waals surface area (Å²) >= 11 is 0. The summed E-state index contributed by atoms with van der Waals surface area (Å²) in [6, 6.07) is 7.92. The van der Waals surface area contributed by atoms with Crippen LogP contribution in [0.2, 0.25) is 0 Å². The summed E-state index contributed by atoms with van der Waals surface area (Å²) in [5.41, 5.74) is 6.84. The first kappa shape index (κ1) is 23.5. The molecule has 0 saturated carbocycles. The van der Waals surface area contributed by atoms with Gasteiger partial charge in [0.1, 0.15) is 0 Å². The topological polar surface area (TPSA) is 12.4 Å². The van der Waals surface area contributed by atoms with Crippen LogP contribution in [-0.2, 0) is 6.16 Å². The molecule has 1 aliphatic carbocycles. The van der Waals surface area contributed by atoms with E-state index in [0.717, 1.165) is 17.5 Å². The van der Waals surface area contributed by atoms with Crippen LogP contribution >= 0.6 is 15.8 Å². The van der Waals surface area contributed by atoms with Gasteiger partial charge in [0.25, 0.3) is 0 Å². The first-order chi connectivity index (χ1) is 14.2. The van der Waals surface area contributed by atoms with Crippen molar-refractivity contribution in [1.82, 2.24) is 0 Å². The third kappa shape index (κ3) is 5.18. The van der Waals surface area contributed by atoms with Crippen LogP contribution in [-0.4, -0.2) is 22.6 Å². The molecule has 0 unspecified atom stereocenters. The van der Waals surface area contributed by atoms with Crippen molar-refractivity contribution in [3.05, 3.63) is 75.6 Å². The normalized spacial score (nSPS) is 17.2. The number of allylic oxidation sites excluding steroid dienone is 2. The molecule has 0 N–H and O–H groups in total. The standard InChI is InChI=1S/C27H38NP2/c1-18(2)29(19(3)4)16-24-13-9-11-22-15-23-12-10-14-25(27(23)28-26(22)24)17-30(20(5)6)21(7)8/h9-16,18-21H,17H2,1-8H3/q-1. The van der Waals surface area contributed by atoms with Crippen LogP contribution in [0, 0.1) is 6.04 Å². The van der Waals surface area contributed by atoms with E-state index in [2.05, 4.69) is 104 Å². The Kier molecular flexibility index (Phi) is 7.81. The smallest absolute Gasteiger partial charge is 0.0186 e. The fourth-order valence-electron chi connectivity index (χ4n) is 4.41. The predicted molar refractivity (Wildman–Crippen MR) is 138 cm³/mol. The second kappa shape index (κ2) is 9.97. The Hall–Kier alpha value is -1.16. The third-order valence-electron chi connectivity index (χ3n) is 5.94. The number of hydrogen-bond donors (Lipinski definition) is 0. The Morgan fingerprint density at radius 1 is 0.933 bits per heavy atom. The summed E-state index contributed by atoms with van der Waals surface area (Å²) in [5.74, 6) is 2.53. The molecule has 30 heavy (non-hydrogen) atoms. The number of para-hydroxylation sites is 1. The van der Waals surface area contributed by atoms with Crippen molar-refractivity contribution in [3.8, 4) is 0 Å². The largest absolute Gasteiger partial charge is 0.312 e. The van der Waals surface area contributed by atoms with Crippen molar-refractivity contribution in [3.63, 3.8) is 0 Å². The summed E-state index contributed by atoms with van der Waals surface area (Å²) in [6.07, 6.45) is 10.2. The lowest BCUT2D eigenvalue weighted by Gasteiger charge is -2.32. The van der Waals surface area contributed by atoms with Crippen molar-refractivity contribution >= 4 is 21.9 Å². The maximum atomic E-state index is 5.31. The number of benzene rings is 1. The van der Waals surface area contributed by atoms with E-state index in [-0.39, 0.29) is 15.8 Å². The Morgan fingerprint density at radius 2 is 1.60 bits per heavy atom. The Bertz CT molecular complexity index is 947. The molecular weight excluding hydrogens is 400 g/mol. The number of hydrogen-bond acceptors (Lipinski definition) is 1. The van der Waals surface area contributed by atoms with E-state index in [1.165, 1.54) is 33.3 Å². The number of nitrogens with zero attached hydrogens (tertiary/aromatic N) is 1. The van der Waals surface area contributed by atoms with Gasteiger partial charge in [-0.15, -0.1) is 38.0 Å². The van der Waals surface area contributed by atoms with Gasteiger partial charge < -0.3 is 4.99 Å². The predicted octanol–water partition coefficient (Wildman–Crippen LogP) is 7.11. The van der Waals surface area contributed by atoms with E-state index in [1.807, 2.05) is 0 Å². The zero-order valence-electron chi connectivity index (χ0n) is 20.0. The molecule has 1 heterocycles. The quantitative estimate of drug-likeness (QED) is 0.318. The first-order valence-corrected chi connectivity index (χ1v) is 14.6. The van der Waals surface area contributed by atoms with Crippen LogP contribution in [0.25, 0.3) is 6.08 Å². The summed E-state index contributed by atoms with van der Waals surface area (Å²) < 4.78 is 0. The van der Waals surface area contributed by atoms with Crippen molar-refractivity contribution in [2.45, 2.75) is 84.2 Å². The minimum Gasteiger partial charge on any atom is -0.312 e. The average Bonchev–Trinajstić information content (AvgIpc) is 2.67. The van der Waals surface area contributed by atoms with Crippen LogP contribution in [0.15, 0.2) is 58.4 Å². The Labute approximate surface area is 186 Å². The Balaban J connectivity index is 2.07. The SMILES string of the molecule is CC(C)P(C=C1C=CC=C2C=c3cccc(CP(C(C)C)C(C)C)c3=N[C-]21)C(C)C. The summed E-state index contributed by atoms with van der Waals surface area (Å²) in [7, 11) is -0.227. The zero-order chi connectivity index (χ0) is 22.0. The fourth-order valence-corrected chi connectivity index (χ4v) is 9.30. The zero-order valence-corrected chi connectivity index (χ0v) is 21.8. The van der Waals surface area contributed by atoms with E-state index < -0.39 is 0 Å². The summed E-state index contributed by atoms with van der Waals surface area (Å²) in [4.78, 5) is 5.31. The number of fused-ring (bicyclic) bond motifs is 2. The highest BCUT2D eigenvalue weighted by molar-refractivity contribution is 7.62. The highest BCUT2D eigenvalue weighted by atomic mass is 31.1. The minimum atomic E-state index is -0.172. The minimum absolute atomic E-state index is 0.0548. The van der Waals surface area contributed by atoms with Crippen molar-refractivity contribution < 1.29 is 0 Å². The van der Waals surface area contributed by atoms with Gasteiger partial charge in [-0.25, -0.2) is 0 Å². The molecule has 1 aromatic carbocycles. The van der Waals surface area contributed by atoms with E-state index in [1.54, 1.807) is 0 Å². The molecule has 0 fully saturated rings. The van der Waals surface area contributed by atoms with Gasteiger partial charge in [0, 0.05) is 11.4 Å². The molecule has 1 aromatic rings. The molecule has 0 spiro atoms. The van der Waals surface area contributed by atoms with Gasteiger partial charge in [0.2, 0.25) is 0 Å². The lowest BCUT2D eigenvalue weighted by atomic mass is 9.92. The second-order valence-electron chi connectivity index (χ2n) is 9.52. The monoisotopic (exact) mass is 438 g/mol. The third-order valence-corrected chi connectivity index (χ3v) is 12.3. The second-order valence-corrected chi connectivity index (χ2v) is 16.1. The molecule has 0 bridgehead atoms. The van der Waals surface area contributed by atoms with Gasteiger partial charge in [0.15, 0.2) is 0 Å². The van der Waals surface area contributed by atoms with Crippen molar-refractivity contribution in [2.24, 2.45) is 4.99 Å². The highest BCUT2D eigenvalue weighted by Gasteiger charge is 2.21. The van der Waals surface area contributed by atoms with Crippen molar-refractivity contribution in [2.75, 3.05) is 0 Å². The van der Waals surface area contributed by atoms with Gasteiger partial charge in [-0.2, -0.15) is 0 Å². The van der Waals surface area contributed by atoms with Crippen LogP contribution < -0.4 is 10.6 Å². The van der Waals surface area contributed by atoms with E-state index >= 15 is 0 Å². The van der Waals surface area contributed by atoms with Crippen LogP contribution in [0.3, 0.4) is 0 Å². The molecular formula is C27H38NP2-. The molecule has 0 atom stereocenters. The van der Waals surface area contributed by atoms with Gasteiger partial charge in [-0.3, -0.25) is 0 Å². The van der Waals surface area contributed by atoms with Crippen LogP contribution in [0.5, 0.6) is 0 Å². The highest BCUT2D eigenvalue weighted by Crippen LogP contribution is 2.50. The van der Waals surface area contributed by atoms with Gasteiger partial charge in [-0.05, 0) is 34.4 Å². The van der Waals surface area contributed by atoms with E-state index in [9.17, 15) is 0 Å².